The fraction of sp³-hybridized carbons (Fsp3) is 0.222. The summed E-state index contributed by atoms with van der Waals surface area (Å²) in [4.78, 5) is 34.9. The molecule has 12 heteroatoms. The normalized spacial score (nSPS) is 15.8. The van der Waals surface area contributed by atoms with Crippen molar-refractivity contribution in [2.24, 2.45) is 5.10 Å². The van der Waals surface area contributed by atoms with E-state index in [9.17, 15) is 9.59 Å². The molecule has 1 aromatic carbocycles. The molecule has 0 unspecified atom stereocenters. The highest BCUT2D eigenvalue weighted by Crippen LogP contribution is 2.25. The number of nitrogens with zero attached hydrogens (tertiary/aromatic N) is 7. The van der Waals surface area contributed by atoms with Crippen molar-refractivity contribution in [1.29, 1.82) is 0 Å². The van der Waals surface area contributed by atoms with Crippen LogP contribution in [0.5, 0.6) is 6.01 Å². The van der Waals surface area contributed by atoms with Crippen LogP contribution in [-0.4, -0.2) is 65.8 Å². The number of hydrogen-bond donors (Lipinski definition) is 1. The molecule has 11 nitrogen and oxygen atoms in total. The van der Waals surface area contributed by atoms with Gasteiger partial charge in [0.05, 0.1) is 24.1 Å². The maximum atomic E-state index is 12.9. The van der Waals surface area contributed by atoms with Gasteiger partial charge in [-0.2, -0.15) is 9.50 Å². The summed E-state index contributed by atoms with van der Waals surface area (Å²) >= 11 is 1.26. The maximum Gasteiger partial charge on any atom is 0.305 e. The third kappa shape index (κ3) is 2.60. The summed E-state index contributed by atoms with van der Waals surface area (Å²) in [6, 6.07) is 7.84. The van der Waals surface area contributed by atoms with Gasteiger partial charge in [-0.05, 0) is 19.1 Å². The Bertz CT molecular complexity index is 1390. The minimum Gasteiger partial charge on any atom is -0.468 e. The molecule has 30 heavy (non-hydrogen) atoms. The maximum absolute atomic E-state index is 12.9. The molecule has 0 bridgehead atoms. The number of rotatable bonds is 3. The Balaban J connectivity index is 1.65. The predicted octanol–water partition coefficient (Wildman–Crippen LogP) is 1.05. The van der Waals surface area contributed by atoms with Gasteiger partial charge in [0, 0.05) is 12.4 Å². The Hall–Kier alpha value is -3.67. The molecule has 1 aliphatic rings. The average Bonchev–Trinajstić information content (AvgIpc) is 3.37. The van der Waals surface area contributed by atoms with E-state index in [0.717, 1.165) is 10.9 Å². The van der Waals surface area contributed by atoms with Crippen LogP contribution in [-0.2, 0) is 4.79 Å². The van der Waals surface area contributed by atoms with E-state index in [4.69, 9.17) is 4.74 Å². The van der Waals surface area contributed by atoms with Gasteiger partial charge in [-0.25, -0.2) is 14.8 Å². The molecular formula is C18H16N8O3S. The zero-order valence-corrected chi connectivity index (χ0v) is 17.1. The molecule has 0 saturated carbocycles. The van der Waals surface area contributed by atoms with Crippen molar-refractivity contribution in [3.63, 3.8) is 0 Å². The highest BCUT2D eigenvalue weighted by molar-refractivity contribution is 8.15. The monoisotopic (exact) mass is 424 g/mol. The molecule has 152 valence electrons. The van der Waals surface area contributed by atoms with E-state index in [1.807, 2.05) is 24.3 Å². The summed E-state index contributed by atoms with van der Waals surface area (Å²) in [6.07, 6.45) is 0. The van der Waals surface area contributed by atoms with E-state index in [1.54, 1.807) is 18.4 Å². The zero-order chi connectivity index (χ0) is 21.0. The van der Waals surface area contributed by atoms with Crippen LogP contribution in [0.25, 0.3) is 22.3 Å². The molecule has 0 atom stereocenters. The van der Waals surface area contributed by atoms with Crippen LogP contribution in [0.4, 0.5) is 0 Å². The standard InChI is InChI=1S/C18H16N8O3S/c1-9-13(15(28)21-22-18-24(2)12(27)8-30-18)26-16(19-9)25-14(23-26)10-6-4-5-7-11(10)20-17(25)29-3/h4-7H,8H2,1-3H3,(H,21,28)/b22-18+. The van der Waals surface area contributed by atoms with Crippen LogP contribution in [0.3, 0.4) is 0 Å². The van der Waals surface area contributed by atoms with Crippen molar-refractivity contribution >= 4 is 51.1 Å². The predicted molar refractivity (Wildman–Crippen MR) is 111 cm³/mol. The first-order chi connectivity index (χ1) is 14.5. The number of fused-ring (bicyclic) bond motifs is 5. The van der Waals surface area contributed by atoms with E-state index in [0.29, 0.717) is 34.0 Å². The first-order valence-electron chi connectivity index (χ1n) is 8.97. The van der Waals surface area contributed by atoms with E-state index >= 15 is 0 Å². The molecule has 2 amide bonds. The Morgan fingerprint density at radius 2 is 2.10 bits per heavy atom. The second-order valence-electron chi connectivity index (χ2n) is 6.61. The lowest BCUT2D eigenvalue weighted by Gasteiger charge is -2.07. The lowest BCUT2D eigenvalue weighted by molar-refractivity contribution is -0.123. The molecule has 4 aromatic rings. The number of ether oxygens (including phenoxy) is 1. The quantitative estimate of drug-likeness (QED) is 0.488. The van der Waals surface area contributed by atoms with Crippen molar-refractivity contribution in [2.75, 3.05) is 19.9 Å². The number of benzene rings is 1. The topological polar surface area (TPSA) is 118 Å². The summed E-state index contributed by atoms with van der Waals surface area (Å²) in [7, 11) is 3.13. The third-order valence-corrected chi connectivity index (χ3v) is 5.82. The summed E-state index contributed by atoms with van der Waals surface area (Å²) in [5, 5.41) is 9.92. The summed E-state index contributed by atoms with van der Waals surface area (Å²) < 4.78 is 8.56. The Labute approximate surface area is 173 Å². The Morgan fingerprint density at radius 3 is 2.83 bits per heavy atom. The van der Waals surface area contributed by atoms with Crippen LogP contribution >= 0.6 is 11.8 Å². The van der Waals surface area contributed by atoms with Gasteiger partial charge in [-0.15, -0.1) is 10.2 Å². The van der Waals surface area contributed by atoms with E-state index in [1.165, 1.54) is 28.3 Å². The summed E-state index contributed by atoms with van der Waals surface area (Å²) in [5.74, 6) is 0.147. The number of thioether (sulfide) groups is 1. The lowest BCUT2D eigenvalue weighted by Crippen LogP contribution is -2.28. The van der Waals surface area contributed by atoms with Crippen LogP contribution in [0.15, 0.2) is 29.4 Å². The number of aryl methyl sites for hydroxylation is 1. The molecule has 3 aromatic heterocycles. The molecular weight excluding hydrogens is 408 g/mol. The fourth-order valence-corrected chi connectivity index (χ4v) is 4.18. The summed E-state index contributed by atoms with van der Waals surface area (Å²) in [5.41, 5.74) is 4.50. The lowest BCUT2D eigenvalue weighted by atomic mass is 10.2. The number of amidine groups is 1. The SMILES string of the molecule is COc1nc2ccccc2c2nn3c(C(=O)N/N=C4/SCC(=O)N4C)c(C)nc3n12. The molecule has 1 N–H and O–H groups in total. The largest absolute Gasteiger partial charge is 0.468 e. The van der Waals surface area contributed by atoms with Crippen molar-refractivity contribution in [1.82, 2.24) is 34.3 Å². The second-order valence-corrected chi connectivity index (χ2v) is 7.55. The molecule has 0 radical (unpaired) electrons. The van der Waals surface area contributed by atoms with Gasteiger partial charge in [-0.1, -0.05) is 23.9 Å². The first kappa shape index (κ1) is 18.4. The average molecular weight is 424 g/mol. The first-order valence-corrected chi connectivity index (χ1v) is 9.96. The smallest absolute Gasteiger partial charge is 0.305 e. The van der Waals surface area contributed by atoms with Crippen molar-refractivity contribution in [2.45, 2.75) is 6.92 Å². The van der Waals surface area contributed by atoms with Crippen LogP contribution < -0.4 is 10.2 Å². The number of para-hydroxylation sites is 1. The molecule has 1 aliphatic heterocycles. The highest BCUT2D eigenvalue weighted by atomic mass is 32.2. The Morgan fingerprint density at radius 1 is 1.30 bits per heavy atom. The number of hydrogen-bond acceptors (Lipinski definition) is 8. The molecule has 1 saturated heterocycles. The number of carbonyl (C=O) groups is 2. The van der Waals surface area contributed by atoms with E-state index < -0.39 is 5.91 Å². The van der Waals surface area contributed by atoms with Gasteiger partial charge in [-0.3, -0.25) is 14.5 Å². The van der Waals surface area contributed by atoms with Crippen molar-refractivity contribution in [3.8, 4) is 6.01 Å². The molecule has 1 fully saturated rings. The third-order valence-electron chi connectivity index (χ3n) is 4.81. The van der Waals surface area contributed by atoms with Crippen molar-refractivity contribution < 1.29 is 14.3 Å². The van der Waals surface area contributed by atoms with E-state index in [2.05, 4.69) is 25.6 Å². The van der Waals surface area contributed by atoms with Gasteiger partial charge >= 0.3 is 6.01 Å². The van der Waals surface area contributed by atoms with Gasteiger partial charge < -0.3 is 4.74 Å². The number of carbonyl (C=O) groups excluding carboxylic acids is 2. The number of aromatic nitrogens is 5. The van der Waals surface area contributed by atoms with Gasteiger partial charge in [0.15, 0.2) is 16.5 Å². The number of methoxy groups -OCH3 is 1. The molecule has 0 aliphatic carbocycles. The number of hydrazone groups is 1. The van der Waals surface area contributed by atoms with Crippen molar-refractivity contribution in [3.05, 3.63) is 35.7 Å². The minimum absolute atomic E-state index is 0.0669. The van der Waals surface area contributed by atoms with Crippen LogP contribution in [0.2, 0.25) is 0 Å². The molecule has 4 heterocycles. The van der Waals surface area contributed by atoms with E-state index in [-0.39, 0.29) is 11.6 Å². The second kappa shape index (κ2) is 6.69. The van der Waals surface area contributed by atoms with Gasteiger partial charge in [0.1, 0.15) is 0 Å². The summed E-state index contributed by atoms with van der Waals surface area (Å²) in [6.45, 7) is 1.71. The molecule has 0 spiro atoms. The number of nitrogens with one attached hydrogen (secondary N) is 1. The van der Waals surface area contributed by atoms with Crippen LogP contribution in [0, 0.1) is 6.92 Å². The highest BCUT2D eigenvalue weighted by Gasteiger charge is 2.26. The van der Waals surface area contributed by atoms with Gasteiger partial charge in [0.2, 0.25) is 11.7 Å². The minimum atomic E-state index is -0.486. The number of imidazole rings is 1. The number of amides is 2. The molecule has 5 rings (SSSR count). The zero-order valence-electron chi connectivity index (χ0n) is 16.3. The Kier molecular flexibility index (Phi) is 4.10. The van der Waals surface area contributed by atoms with Gasteiger partial charge in [0.25, 0.3) is 5.91 Å². The van der Waals surface area contributed by atoms with Crippen LogP contribution in [0.1, 0.15) is 16.2 Å². The fourth-order valence-electron chi connectivity index (χ4n) is 3.32.